The third kappa shape index (κ3) is 4.49. The average Bonchev–Trinajstić information content (AvgIpc) is 3.38. The molecule has 3 aromatic carbocycles. The lowest BCUT2D eigenvalue weighted by molar-refractivity contribution is 0.248. The van der Waals surface area contributed by atoms with Crippen molar-refractivity contribution in [2.75, 3.05) is 5.32 Å². The summed E-state index contributed by atoms with van der Waals surface area (Å²) in [5, 5.41) is 11.8. The van der Waals surface area contributed by atoms with Gasteiger partial charge in [-0.1, -0.05) is 75.4 Å². The summed E-state index contributed by atoms with van der Waals surface area (Å²) in [5.74, 6) is 0. The van der Waals surface area contributed by atoms with E-state index < -0.39 is 0 Å². The second-order valence-corrected chi connectivity index (χ2v) is 9.90. The van der Waals surface area contributed by atoms with Crippen LogP contribution in [0.2, 0.25) is 0 Å². The topological polar surface area (TPSA) is 59.0 Å². The van der Waals surface area contributed by atoms with E-state index >= 15 is 0 Å². The van der Waals surface area contributed by atoms with Crippen LogP contribution in [0, 0.1) is 0 Å². The second kappa shape index (κ2) is 8.39. The number of urea groups is 1. The minimum absolute atomic E-state index is 0.0361. The van der Waals surface area contributed by atoms with Crippen molar-refractivity contribution >= 4 is 22.6 Å². The molecule has 1 atom stereocenters. The van der Waals surface area contributed by atoms with E-state index in [2.05, 4.69) is 66.8 Å². The first kappa shape index (κ1) is 21.3. The summed E-state index contributed by atoms with van der Waals surface area (Å²) < 4.78 is 1.92. The van der Waals surface area contributed by atoms with Gasteiger partial charge in [0.25, 0.3) is 0 Å². The number of aryl methyl sites for hydroxylation is 1. The van der Waals surface area contributed by atoms with Gasteiger partial charge >= 0.3 is 6.03 Å². The highest BCUT2D eigenvalue weighted by Gasteiger charge is 2.26. The molecular formula is C28H30N4O. The number of nitrogens with zero attached hydrogens (tertiary/aromatic N) is 2. The molecule has 0 radical (unpaired) electrons. The lowest BCUT2D eigenvalue weighted by atomic mass is 9.85. The van der Waals surface area contributed by atoms with E-state index in [1.54, 1.807) is 0 Å². The maximum atomic E-state index is 12.9. The van der Waals surface area contributed by atoms with Crippen LogP contribution in [0.3, 0.4) is 0 Å². The van der Waals surface area contributed by atoms with Crippen molar-refractivity contribution in [3.63, 3.8) is 0 Å². The zero-order valence-electron chi connectivity index (χ0n) is 19.4. The van der Waals surface area contributed by atoms with Crippen LogP contribution < -0.4 is 10.6 Å². The van der Waals surface area contributed by atoms with Crippen LogP contribution in [0.1, 0.15) is 55.5 Å². The van der Waals surface area contributed by atoms with Crippen molar-refractivity contribution in [3.05, 3.63) is 95.2 Å². The van der Waals surface area contributed by atoms with Crippen molar-refractivity contribution in [2.45, 2.75) is 51.6 Å². The van der Waals surface area contributed by atoms with Crippen LogP contribution in [-0.4, -0.2) is 15.8 Å². The molecule has 5 nitrogen and oxygen atoms in total. The Bertz CT molecular complexity index is 1300. The quantitative estimate of drug-likeness (QED) is 0.399. The number of carbonyl (C=O) groups excluding carboxylic acids is 1. The third-order valence-electron chi connectivity index (χ3n) is 6.43. The van der Waals surface area contributed by atoms with Gasteiger partial charge in [0.2, 0.25) is 0 Å². The molecule has 1 aliphatic rings. The van der Waals surface area contributed by atoms with Crippen LogP contribution >= 0.6 is 0 Å². The number of fused-ring (bicyclic) bond motifs is 2. The summed E-state index contributed by atoms with van der Waals surface area (Å²) >= 11 is 0. The van der Waals surface area contributed by atoms with Crippen LogP contribution in [0.25, 0.3) is 10.9 Å². The van der Waals surface area contributed by atoms with E-state index in [1.165, 1.54) is 22.3 Å². The number of rotatable bonds is 4. The first-order chi connectivity index (χ1) is 15.9. The van der Waals surface area contributed by atoms with E-state index in [0.717, 1.165) is 29.4 Å². The highest BCUT2D eigenvalue weighted by Crippen LogP contribution is 2.34. The van der Waals surface area contributed by atoms with Gasteiger partial charge in [-0.05, 0) is 52.6 Å². The number of carbonyl (C=O) groups is 1. The summed E-state index contributed by atoms with van der Waals surface area (Å²) in [6.45, 7) is 7.39. The Balaban J connectivity index is 1.30. The lowest BCUT2D eigenvalue weighted by Gasteiger charge is -2.21. The summed E-state index contributed by atoms with van der Waals surface area (Å²) in [6.07, 6.45) is 3.92. The van der Waals surface area contributed by atoms with Crippen LogP contribution in [0.5, 0.6) is 0 Å². The Labute approximate surface area is 194 Å². The molecule has 0 aliphatic heterocycles. The monoisotopic (exact) mass is 438 g/mol. The molecule has 1 aromatic heterocycles. The molecule has 5 rings (SSSR count). The van der Waals surface area contributed by atoms with Gasteiger partial charge in [0.1, 0.15) is 0 Å². The fourth-order valence-corrected chi connectivity index (χ4v) is 4.60. The Hall–Kier alpha value is -3.60. The van der Waals surface area contributed by atoms with E-state index in [-0.39, 0.29) is 17.5 Å². The smallest absolute Gasteiger partial charge is 0.319 e. The molecule has 0 saturated heterocycles. The predicted molar refractivity (Wildman–Crippen MR) is 134 cm³/mol. The van der Waals surface area contributed by atoms with Gasteiger partial charge in [0.05, 0.1) is 23.8 Å². The molecule has 168 valence electrons. The van der Waals surface area contributed by atoms with Crippen LogP contribution in [0.15, 0.2) is 72.9 Å². The molecule has 1 aliphatic carbocycles. The van der Waals surface area contributed by atoms with Crippen LogP contribution in [-0.2, 0) is 18.4 Å². The van der Waals surface area contributed by atoms with Crippen molar-refractivity contribution in [3.8, 4) is 0 Å². The van der Waals surface area contributed by atoms with Gasteiger partial charge < -0.3 is 10.6 Å². The van der Waals surface area contributed by atoms with Gasteiger partial charge in [-0.15, -0.1) is 0 Å². The number of anilines is 1. The second-order valence-electron chi connectivity index (χ2n) is 9.90. The molecule has 0 unspecified atom stereocenters. The molecular weight excluding hydrogens is 408 g/mol. The van der Waals surface area contributed by atoms with E-state index in [4.69, 9.17) is 0 Å². The normalized spacial score (nSPS) is 15.4. The van der Waals surface area contributed by atoms with E-state index in [9.17, 15) is 4.79 Å². The summed E-state index contributed by atoms with van der Waals surface area (Å²) in [6, 6.07) is 22.6. The summed E-state index contributed by atoms with van der Waals surface area (Å²) in [7, 11) is 0. The first-order valence-electron chi connectivity index (χ1n) is 11.6. The molecule has 0 saturated carbocycles. The number of benzene rings is 3. The highest BCUT2D eigenvalue weighted by atomic mass is 16.2. The van der Waals surface area contributed by atoms with Gasteiger partial charge in [-0.25, -0.2) is 4.79 Å². The maximum Gasteiger partial charge on any atom is 0.319 e. The minimum Gasteiger partial charge on any atom is -0.331 e. The van der Waals surface area contributed by atoms with Gasteiger partial charge in [-0.3, -0.25) is 4.68 Å². The fraction of sp³-hybridized carbons (Fsp3) is 0.286. The van der Waals surface area contributed by atoms with Crippen molar-refractivity contribution in [1.82, 2.24) is 15.1 Å². The summed E-state index contributed by atoms with van der Waals surface area (Å²) in [5.41, 5.74) is 6.86. The van der Waals surface area contributed by atoms with Crippen molar-refractivity contribution in [2.24, 2.45) is 0 Å². The molecule has 2 N–H and O–H groups in total. The Morgan fingerprint density at radius 2 is 1.88 bits per heavy atom. The minimum atomic E-state index is -0.184. The van der Waals surface area contributed by atoms with Gasteiger partial charge in [0, 0.05) is 11.6 Å². The predicted octanol–water partition coefficient (Wildman–Crippen LogP) is 6.19. The molecule has 5 heteroatoms. The van der Waals surface area contributed by atoms with Gasteiger partial charge in [-0.2, -0.15) is 5.10 Å². The number of nitrogens with one attached hydrogen (secondary N) is 2. The van der Waals surface area contributed by atoms with E-state index in [1.807, 2.05) is 47.3 Å². The molecule has 0 fully saturated rings. The van der Waals surface area contributed by atoms with E-state index in [0.29, 0.717) is 6.54 Å². The first-order valence-corrected chi connectivity index (χ1v) is 11.6. The Morgan fingerprint density at radius 1 is 1.06 bits per heavy atom. The summed E-state index contributed by atoms with van der Waals surface area (Å²) in [4.78, 5) is 12.9. The molecule has 2 amide bonds. The third-order valence-corrected chi connectivity index (χ3v) is 6.43. The number of hydrogen-bond acceptors (Lipinski definition) is 2. The zero-order valence-corrected chi connectivity index (χ0v) is 19.4. The maximum absolute atomic E-state index is 12.9. The largest absolute Gasteiger partial charge is 0.331 e. The standard InChI is InChI=1S/C28H30N4O/c1-28(2,3)21-13-14-22-20(16-21)12-15-25(22)30-27(33)29-24-10-7-11-26-23(24)18-32(31-26)17-19-8-5-4-6-9-19/h4-11,13-14,16,18,25H,12,15,17H2,1-3H3,(H2,29,30,33)/t25-/m1/s1. The number of hydrogen-bond donors (Lipinski definition) is 2. The van der Waals surface area contributed by atoms with Crippen LogP contribution in [0.4, 0.5) is 10.5 Å². The van der Waals surface area contributed by atoms with Crippen molar-refractivity contribution in [1.29, 1.82) is 0 Å². The number of amides is 2. The SMILES string of the molecule is CC(C)(C)c1ccc2c(c1)CC[C@H]2NC(=O)Nc1cccc2nn(Cc3ccccc3)cc12. The Morgan fingerprint density at radius 3 is 2.67 bits per heavy atom. The van der Waals surface area contributed by atoms with Gasteiger partial charge in [0.15, 0.2) is 0 Å². The average molecular weight is 439 g/mol. The fourth-order valence-electron chi connectivity index (χ4n) is 4.60. The molecule has 33 heavy (non-hydrogen) atoms. The molecule has 0 spiro atoms. The number of aromatic nitrogens is 2. The zero-order chi connectivity index (χ0) is 23.0. The molecule has 0 bridgehead atoms. The highest BCUT2D eigenvalue weighted by molar-refractivity contribution is 6.00. The lowest BCUT2D eigenvalue weighted by Crippen LogP contribution is -2.31. The van der Waals surface area contributed by atoms with Crippen molar-refractivity contribution < 1.29 is 4.79 Å². The molecule has 1 heterocycles. The molecule has 4 aromatic rings. The Kier molecular flexibility index (Phi) is 5.41.